The fourth-order valence-electron chi connectivity index (χ4n) is 1.01. The van der Waals surface area contributed by atoms with Crippen LogP contribution in [0.3, 0.4) is 0 Å². The predicted molar refractivity (Wildman–Crippen MR) is 59.2 cm³/mol. The van der Waals surface area contributed by atoms with E-state index in [9.17, 15) is 0 Å². The minimum absolute atomic E-state index is 0.136. The Hall–Kier alpha value is -1.01. The molecule has 0 amide bonds. The van der Waals surface area contributed by atoms with Gasteiger partial charge in [-0.15, -0.1) is 0 Å². The van der Waals surface area contributed by atoms with Crippen LogP contribution in [0.2, 0.25) is 0 Å². The molecular formula is C11H12BrNO. The molecule has 1 unspecified atom stereocenters. The summed E-state index contributed by atoms with van der Waals surface area (Å²) in [4.78, 5) is 0. The normalized spacial score (nSPS) is 11.9. The summed E-state index contributed by atoms with van der Waals surface area (Å²) in [6.07, 6.45) is 1.06. The van der Waals surface area contributed by atoms with E-state index in [1.165, 1.54) is 0 Å². The van der Waals surface area contributed by atoms with E-state index in [4.69, 9.17) is 10.00 Å². The van der Waals surface area contributed by atoms with Crippen LogP contribution in [0, 0.1) is 11.3 Å². The van der Waals surface area contributed by atoms with E-state index < -0.39 is 0 Å². The molecule has 1 aromatic carbocycles. The van der Waals surface area contributed by atoms with Crippen molar-refractivity contribution >= 4 is 15.9 Å². The molecule has 0 aliphatic carbocycles. The van der Waals surface area contributed by atoms with E-state index in [0.29, 0.717) is 11.3 Å². The van der Waals surface area contributed by atoms with E-state index in [2.05, 4.69) is 28.9 Å². The van der Waals surface area contributed by atoms with Gasteiger partial charge in [0.1, 0.15) is 17.4 Å². The lowest BCUT2D eigenvalue weighted by Gasteiger charge is -2.13. The summed E-state index contributed by atoms with van der Waals surface area (Å²) in [7, 11) is 0. The van der Waals surface area contributed by atoms with Crippen molar-refractivity contribution in [2.75, 3.05) is 0 Å². The van der Waals surface area contributed by atoms with Gasteiger partial charge in [0.15, 0.2) is 0 Å². The van der Waals surface area contributed by atoms with Crippen LogP contribution in [0.1, 0.15) is 25.8 Å². The fraction of sp³-hybridized carbons (Fsp3) is 0.364. The Bertz CT molecular complexity index is 357. The van der Waals surface area contributed by atoms with Gasteiger partial charge < -0.3 is 4.74 Å². The highest BCUT2D eigenvalue weighted by Crippen LogP contribution is 2.26. The highest BCUT2D eigenvalue weighted by molar-refractivity contribution is 9.10. The van der Waals surface area contributed by atoms with Gasteiger partial charge in [0, 0.05) is 4.47 Å². The van der Waals surface area contributed by atoms with Crippen molar-refractivity contribution < 1.29 is 4.74 Å². The maximum atomic E-state index is 8.92. The lowest BCUT2D eigenvalue weighted by molar-refractivity contribution is 0.216. The summed E-state index contributed by atoms with van der Waals surface area (Å²) in [6.45, 7) is 4.04. The molecule has 1 aromatic rings. The topological polar surface area (TPSA) is 33.0 Å². The molecule has 0 saturated heterocycles. The zero-order valence-corrected chi connectivity index (χ0v) is 9.84. The number of hydrogen-bond acceptors (Lipinski definition) is 2. The second-order valence-electron chi connectivity index (χ2n) is 3.06. The minimum Gasteiger partial charge on any atom is -0.489 e. The maximum Gasteiger partial charge on any atom is 0.138 e. The molecule has 0 saturated carbocycles. The molecule has 1 rings (SSSR count). The second kappa shape index (κ2) is 5.02. The van der Waals surface area contributed by atoms with Crippen molar-refractivity contribution in [2.45, 2.75) is 26.4 Å². The predicted octanol–water partition coefficient (Wildman–Crippen LogP) is 3.50. The number of halogens is 1. The SMILES string of the molecule is CCC(C)Oc1cccc(Br)c1C#N. The van der Waals surface area contributed by atoms with Gasteiger partial charge in [-0.3, -0.25) is 0 Å². The summed E-state index contributed by atoms with van der Waals surface area (Å²) in [5.41, 5.74) is 0.563. The first-order chi connectivity index (χ1) is 6.69. The highest BCUT2D eigenvalue weighted by atomic mass is 79.9. The molecule has 0 aromatic heterocycles. The van der Waals surface area contributed by atoms with Crippen molar-refractivity contribution in [1.82, 2.24) is 0 Å². The molecule has 74 valence electrons. The van der Waals surface area contributed by atoms with Gasteiger partial charge in [-0.05, 0) is 41.4 Å². The number of ether oxygens (including phenoxy) is 1. The lowest BCUT2D eigenvalue weighted by atomic mass is 10.2. The molecule has 0 radical (unpaired) electrons. The minimum atomic E-state index is 0.136. The maximum absolute atomic E-state index is 8.92. The standard InChI is InChI=1S/C11H12BrNO/c1-3-8(2)14-11-6-4-5-10(12)9(11)7-13/h4-6,8H,3H2,1-2H3. The van der Waals surface area contributed by atoms with Gasteiger partial charge in [-0.2, -0.15) is 5.26 Å². The first kappa shape index (κ1) is 11.1. The molecule has 0 N–H and O–H groups in total. The van der Waals surface area contributed by atoms with Crippen molar-refractivity contribution in [3.05, 3.63) is 28.2 Å². The average Bonchev–Trinajstić information content (AvgIpc) is 2.18. The molecule has 0 fully saturated rings. The van der Waals surface area contributed by atoms with E-state index in [0.717, 1.165) is 10.9 Å². The van der Waals surface area contributed by atoms with Crippen LogP contribution >= 0.6 is 15.9 Å². The number of benzene rings is 1. The summed E-state index contributed by atoms with van der Waals surface area (Å²) in [5.74, 6) is 0.649. The number of hydrogen-bond donors (Lipinski definition) is 0. The molecule has 2 nitrogen and oxygen atoms in total. The van der Waals surface area contributed by atoms with Gasteiger partial charge in [-0.1, -0.05) is 13.0 Å². The van der Waals surface area contributed by atoms with Crippen LogP contribution in [0.5, 0.6) is 5.75 Å². The van der Waals surface area contributed by atoms with Crippen LogP contribution in [-0.4, -0.2) is 6.10 Å². The van der Waals surface area contributed by atoms with Crippen LogP contribution in [-0.2, 0) is 0 Å². The number of nitriles is 1. The van der Waals surface area contributed by atoms with Crippen molar-refractivity contribution in [2.24, 2.45) is 0 Å². The molecule has 0 bridgehead atoms. The van der Waals surface area contributed by atoms with E-state index in [-0.39, 0.29) is 6.10 Å². The van der Waals surface area contributed by atoms with Crippen molar-refractivity contribution in [1.29, 1.82) is 5.26 Å². The van der Waals surface area contributed by atoms with Gasteiger partial charge in [0.25, 0.3) is 0 Å². The van der Waals surface area contributed by atoms with Crippen LogP contribution in [0.15, 0.2) is 22.7 Å². The third-order valence-corrected chi connectivity index (χ3v) is 2.65. The Kier molecular flexibility index (Phi) is 3.97. The largest absolute Gasteiger partial charge is 0.489 e. The Labute approximate surface area is 92.6 Å². The van der Waals surface area contributed by atoms with Gasteiger partial charge in [0.2, 0.25) is 0 Å². The summed E-state index contributed by atoms with van der Waals surface area (Å²) in [6, 6.07) is 7.64. The van der Waals surface area contributed by atoms with Crippen LogP contribution < -0.4 is 4.74 Å². The zero-order chi connectivity index (χ0) is 10.6. The molecule has 0 aliphatic heterocycles. The molecule has 0 aliphatic rings. The second-order valence-corrected chi connectivity index (χ2v) is 3.92. The first-order valence-electron chi connectivity index (χ1n) is 4.54. The number of nitrogens with zero attached hydrogens (tertiary/aromatic N) is 1. The quantitative estimate of drug-likeness (QED) is 0.827. The molecule has 3 heteroatoms. The lowest BCUT2D eigenvalue weighted by Crippen LogP contribution is -2.10. The van der Waals surface area contributed by atoms with Crippen LogP contribution in [0.25, 0.3) is 0 Å². The Morgan fingerprint density at radius 2 is 2.29 bits per heavy atom. The highest BCUT2D eigenvalue weighted by Gasteiger charge is 2.09. The molecule has 14 heavy (non-hydrogen) atoms. The first-order valence-corrected chi connectivity index (χ1v) is 5.33. The van der Waals surface area contributed by atoms with E-state index in [1.807, 2.05) is 25.1 Å². The Morgan fingerprint density at radius 3 is 2.86 bits per heavy atom. The smallest absolute Gasteiger partial charge is 0.138 e. The molecule has 0 heterocycles. The van der Waals surface area contributed by atoms with E-state index >= 15 is 0 Å². The van der Waals surface area contributed by atoms with E-state index in [1.54, 1.807) is 0 Å². The van der Waals surface area contributed by atoms with Gasteiger partial charge in [-0.25, -0.2) is 0 Å². The Morgan fingerprint density at radius 1 is 1.57 bits per heavy atom. The zero-order valence-electron chi connectivity index (χ0n) is 8.25. The third kappa shape index (κ3) is 2.49. The number of rotatable bonds is 3. The van der Waals surface area contributed by atoms with Gasteiger partial charge in [0.05, 0.1) is 6.10 Å². The van der Waals surface area contributed by atoms with Crippen molar-refractivity contribution in [3.8, 4) is 11.8 Å². The van der Waals surface area contributed by atoms with Crippen molar-refractivity contribution in [3.63, 3.8) is 0 Å². The molecule has 1 atom stereocenters. The van der Waals surface area contributed by atoms with Crippen LogP contribution in [0.4, 0.5) is 0 Å². The monoisotopic (exact) mass is 253 g/mol. The summed E-state index contributed by atoms with van der Waals surface area (Å²) in [5, 5.41) is 8.92. The third-order valence-electron chi connectivity index (χ3n) is 1.99. The average molecular weight is 254 g/mol. The Balaban J connectivity index is 2.98. The summed E-state index contributed by atoms with van der Waals surface area (Å²) >= 11 is 3.32. The molecule has 0 spiro atoms. The fourth-order valence-corrected chi connectivity index (χ4v) is 1.45. The van der Waals surface area contributed by atoms with Gasteiger partial charge >= 0.3 is 0 Å². The molecular weight excluding hydrogens is 242 g/mol. The summed E-state index contributed by atoms with van der Waals surface area (Å²) < 4.78 is 6.39.